The molecule has 1 N–H and O–H groups in total. The minimum atomic E-state index is -0.00173. The van der Waals surface area contributed by atoms with Crippen molar-refractivity contribution in [3.8, 4) is 11.1 Å². The molecule has 0 saturated carbocycles. The summed E-state index contributed by atoms with van der Waals surface area (Å²) in [7, 11) is 0. The van der Waals surface area contributed by atoms with Crippen LogP contribution in [0.3, 0.4) is 0 Å². The Balaban J connectivity index is 1.44. The van der Waals surface area contributed by atoms with Gasteiger partial charge in [0.05, 0.1) is 6.42 Å². The molecule has 0 fully saturated rings. The van der Waals surface area contributed by atoms with E-state index in [1.807, 2.05) is 42.5 Å². The minimum Gasteiger partial charge on any atom is -0.352 e. The molecule has 0 bridgehead atoms. The maximum absolute atomic E-state index is 12.4. The molecule has 0 aliphatic heterocycles. The average molecular weight is 353 g/mol. The van der Waals surface area contributed by atoms with Crippen molar-refractivity contribution in [1.82, 2.24) is 15.3 Å². The Hall–Kier alpha value is -3.53. The van der Waals surface area contributed by atoms with Gasteiger partial charge in [-0.3, -0.25) is 14.8 Å². The summed E-state index contributed by atoms with van der Waals surface area (Å²) in [6.07, 6.45) is 7.49. The van der Waals surface area contributed by atoms with Crippen LogP contribution in [0.4, 0.5) is 0 Å². The van der Waals surface area contributed by atoms with Gasteiger partial charge in [-0.25, -0.2) is 0 Å². The van der Waals surface area contributed by atoms with E-state index < -0.39 is 0 Å². The van der Waals surface area contributed by atoms with Crippen LogP contribution in [0.5, 0.6) is 0 Å². The normalized spacial score (nSPS) is 10.7. The van der Waals surface area contributed by atoms with Gasteiger partial charge in [0, 0.05) is 42.5 Å². The third-order valence-corrected chi connectivity index (χ3v) is 4.51. The molecular formula is C23H19N3O. The SMILES string of the molecule is O=C(Cc1cccc2ccccc12)NCc1cncc(-c2cccnc2)c1. The van der Waals surface area contributed by atoms with E-state index in [0.29, 0.717) is 13.0 Å². The van der Waals surface area contributed by atoms with Crippen LogP contribution in [0.25, 0.3) is 21.9 Å². The molecule has 4 aromatic rings. The summed E-state index contributed by atoms with van der Waals surface area (Å²) in [5, 5.41) is 5.27. The monoisotopic (exact) mass is 353 g/mol. The molecule has 4 rings (SSSR count). The van der Waals surface area contributed by atoms with Gasteiger partial charge in [0.1, 0.15) is 0 Å². The lowest BCUT2D eigenvalue weighted by Gasteiger charge is -2.09. The van der Waals surface area contributed by atoms with E-state index in [9.17, 15) is 4.79 Å². The number of carbonyl (C=O) groups is 1. The van der Waals surface area contributed by atoms with Crippen molar-refractivity contribution < 1.29 is 4.79 Å². The van der Waals surface area contributed by atoms with Gasteiger partial charge in [-0.05, 0) is 34.0 Å². The third kappa shape index (κ3) is 4.01. The zero-order chi connectivity index (χ0) is 18.5. The van der Waals surface area contributed by atoms with Crippen molar-refractivity contribution in [2.75, 3.05) is 0 Å². The number of nitrogens with one attached hydrogen (secondary N) is 1. The molecule has 4 heteroatoms. The lowest BCUT2D eigenvalue weighted by molar-refractivity contribution is -0.120. The van der Waals surface area contributed by atoms with E-state index in [-0.39, 0.29) is 5.91 Å². The van der Waals surface area contributed by atoms with Gasteiger partial charge >= 0.3 is 0 Å². The lowest BCUT2D eigenvalue weighted by Crippen LogP contribution is -2.24. The second kappa shape index (κ2) is 7.79. The van der Waals surface area contributed by atoms with Crippen molar-refractivity contribution in [2.45, 2.75) is 13.0 Å². The first-order chi connectivity index (χ1) is 13.3. The summed E-state index contributed by atoms with van der Waals surface area (Å²) >= 11 is 0. The molecule has 2 aromatic heterocycles. The number of benzene rings is 2. The summed E-state index contributed by atoms with van der Waals surface area (Å²) in [6.45, 7) is 0.449. The highest BCUT2D eigenvalue weighted by Crippen LogP contribution is 2.19. The molecule has 2 heterocycles. The third-order valence-electron chi connectivity index (χ3n) is 4.51. The highest BCUT2D eigenvalue weighted by atomic mass is 16.1. The van der Waals surface area contributed by atoms with Gasteiger partial charge in [0.25, 0.3) is 0 Å². The van der Waals surface area contributed by atoms with Crippen LogP contribution < -0.4 is 5.32 Å². The van der Waals surface area contributed by atoms with Crippen molar-refractivity contribution >= 4 is 16.7 Å². The molecule has 0 atom stereocenters. The predicted octanol–water partition coefficient (Wildman–Crippen LogP) is 4.16. The largest absolute Gasteiger partial charge is 0.352 e. The molecule has 0 radical (unpaired) electrons. The van der Waals surface area contributed by atoms with Crippen LogP contribution in [0.2, 0.25) is 0 Å². The molecule has 0 spiro atoms. The number of amides is 1. The van der Waals surface area contributed by atoms with Crippen molar-refractivity contribution in [3.63, 3.8) is 0 Å². The summed E-state index contributed by atoms with van der Waals surface area (Å²) in [6, 6.07) is 20.1. The Bertz CT molecular complexity index is 1070. The zero-order valence-corrected chi connectivity index (χ0v) is 14.8. The van der Waals surface area contributed by atoms with Gasteiger partial charge in [-0.1, -0.05) is 48.5 Å². The number of fused-ring (bicyclic) bond motifs is 1. The van der Waals surface area contributed by atoms with Crippen LogP contribution in [-0.4, -0.2) is 15.9 Å². The predicted molar refractivity (Wildman–Crippen MR) is 107 cm³/mol. The summed E-state index contributed by atoms with van der Waals surface area (Å²) in [5.74, 6) is -0.00173. The van der Waals surface area contributed by atoms with Crippen molar-refractivity contribution in [2.24, 2.45) is 0 Å². The number of carbonyl (C=O) groups excluding carboxylic acids is 1. The molecule has 0 saturated heterocycles. The van der Waals surface area contributed by atoms with Gasteiger partial charge < -0.3 is 5.32 Å². The molecule has 2 aromatic carbocycles. The topological polar surface area (TPSA) is 54.9 Å². The standard InChI is InChI=1S/C23H19N3O/c27-23(12-19-7-3-6-18-5-1-2-9-22(18)19)26-14-17-11-21(16-25-13-17)20-8-4-10-24-15-20/h1-11,13,15-16H,12,14H2,(H,26,27). The summed E-state index contributed by atoms with van der Waals surface area (Å²) in [4.78, 5) is 20.9. The van der Waals surface area contributed by atoms with Gasteiger partial charge in [0.15, 0.2) is 0 Å². The fraction of sp³-hybridized carbons (Fsp3) is 0.0870. The number of hydrogen-bond acceptors (Lipinski definition) is 3. The number of nitrogens with zero attached hydrogens (tertiary/aromatic N) is 2. The fourth-order valence-corrected chi connectivity index (χ4v) is 3.16. The Morgan fingerprint density at radius 2 is 1.70 bits per heavy atom. The van der Waals surface area contributed by atoms with E-state index in [1.165, 1.54) is 0 Å². The van der Waals surface area contributed by atoms with Crippen LogP contribution in [0.15, 0.2) is 85.5 Å². The van der Waals surface area contributed by atoms with Crippen molar-refractivity contribution in [1.29, 1.82) is 0 Å². The Morgan fingerprint density at radius 1 is 0.852 bits per heavy atom. The zero-order valence-electron chi connectivity index (χ0n) is 14.8. The van der Waals surface area contributed by atoms with Crippen LogP contribution in [0, 0.1) is 0 Å². The number of rotatable bonds is 5. The molecule has 0 aliphatic carbocycles. The van der Waals surface area contributed by atoms with E-state index >= 15 is 0 Å². The minimum absolute atomic E-state index is 0.00173. The highest BCUT2D eigenvalue weighted by molar-refractivity contribution is 5.90. The number of pyridine rings is 2. The quantitative estimate of drug-likeness (QED) is 0.586. The van der Waals surface area contributed by atoms with E-state index in [0.717, 1.165) is 33.0 Å². The van der Waals surface area contributed by atoms with E-state index in [2.05, 4.69) is 33.5 Å². The molecule has 1 amide bonds. The second-order valence-electron chi connectivity index (χ2n) is 6.42. The van der Waals surface area contributed by atoms with Gasteiger partial charge in [-0.2, -0.15) is 0 Å². The summed E-state index contributed by atoms with van der Waals surface area (Å²) in [5.41, 5.74) is 3.99. The Labute approximate surface area is 157 Å². The Morgan fingerprint density at radius 3 is 2.59 bits per heavy atom. The smallest absolute Gasteiger partial charge is 0.224 e. The maximum atomic E-state index is 12.4. The van der Waals surface area contributed by atoms with Crippen molar-refractivity contribution in [3.05, 3.63) is 96.6 Å². The molecule has 27 heavy (non-hydrogen) atoms. The average Bonchev–Trinajstić information content (AvgIpc) is 2.73. The molecule has 0 unspecified atom stereocenters. The number of hydrogen-bond donors (Lipinski definition) is 1. The Kier molecular flexibility index (Phi) is 4.88. The highest BCUT2D eigenvalue weighted by Gasteiger charge is 2.07. The first kappa shape index (κ1) is 16.9. The van der Waals surface area contributed by atoms with E-state index in [1.54, 1.807) is 24.8 Å². The van der Waals surface area contributed by atoms with Crippen LogP contribution in [0.1, 0.15) is 11.1 Å². The van der Waals surface area contributed by atoms with Crippen LogP contribution >= 0.6 is 0 Å². The van der Waals surface area contributed by atoms with E-state index in [4.69, 9.17) is 0 Å². The molecule has 0 aliphatic rings. The first-order valence-electron chi connectivity index (χ1n) is 8.87. The molecular weight excluding hydrogens is 334 g/mol. The van der Waals surface area contributed by atoms with Gasteiger partial charge in [0.2, 0.25) is 5.91 Å². The fourth-order valence-electron chi connectivity index (χ4n) is 3.16. The molecule has 132 valence electrons. The lowest BCUT2D eigenvalue weighted by atomic mass is 10.0. The van der Waals surface area contributed by atoms with Gasteiger partial charge in [-0.15, -0.1) is 0 Å². The van der Waals surface area contributed by atoms with Crippen LogP contribution in [-0.2, 0) is 17.8 Å². The molecule has 4 nitrogen and oxygen atoms in total. The summed E-state index contributed by atoms with van der Waals surface area (Å²) < 4.78 is 0. The second-order valence-corrected chi connectivity index (χ2v) is 6.42. The first-order valence-corrected chi connectivity index (χ1v) is 8.87. The maximum Gasteiger partial charge on any atom is 0.224 e. The number of aromatic nitrogens is 2.